The molecule has 1 aromatic rings. The molecule has 3 aliphatic heterocycles. The highest BCUT2D eigenvalue weighted by Crippen LogP contribution is 2.35. The lowest BCUT2D eigenvalue weighted by Crippen LogP contribution is -2.53. The van der Waals surface area contributed by atoms with Gasteiger partial charge in [-0.3, -0.25) is 9.69 Å². The van der Waals surface area contributed by atoms with Crippen LogP contribution in [0.15, 0.2) is 5.51 Å². The molecule has 4 rings (SSSR count). The van der Waals surface area contributed by atoms with Gasteiger partial charge < -0.3 is 14.7 Å². The second kappa shape index (κ2) is 10.3. The van der Waals surface area contributed by atoms with Crippen LogP contribution < -0.4 is 0 Å². The largest absolute Gasteiger partial charge is 0.490 e. The summed E-state index contributed by atoms with van der Waals surface area (Å²) < 4.78 is 37.8. The maximum absolute atomic E-state index is 13.0. The van der Waals surface area contributed by atoms with Crippen LogP contribution in [-0.4, -0.2) is 76.8 Å². The van der Waals surface area contributed by atoms with E-state index in [1.165, 1.54) is 17.7 Å². The van der Waals surface area contributed by atoms with Crippen molar-refractivity contribution in [1.82, 2.24) is 14.8 Å². The number of carboxylic acids is 1. The third-order valence-electron chi connectivity index (χ3n) is 6.14. The molecule has 31 heavy (non-hydrogen) atoms. The molecule has 0 radical (unpaired) electrons. The molecule has 3 atom stereocenters. The molecule has 1 N–H and O–H groups in total. The number of nitrogens with zero attached hydrogens (tertiary/aromatic N) is 3. The van der Waals surface area contributed by atoms with E-state index >= 15 is 0 Å². The molecule has 3 fully saturated rings. The Morgan fingerprint density at radius 3 is 2.52 bits per heavy atom. The van der Waals surface area contributed by atoms with E-state index in [1.807, 2.05) is 5.51 Å². The molecule has 1 amide bonds. The first kappa shape index (κ1) is 23.9. The van der Waals surface area contributed by atoms with Gasteiger partial charge in [0.15, 0.2) is 0 Å². The van der Waals surface area contributed by atoms with Gasteiger partial charge in [-0.05, 0) is 32.6 Å². The van der Waals surface area contributed by atoms with E-state index in [2.05, 4.69) is 21.7 Å². The van der Waals surface area contributed by atoms with Gasteiger partial charge in [-0.15, -0.1) is 11.3 Å². The number of likely N-dealkylation sites (tertiary alicyclic amines) is 2. The van der Waals surface area contributed by atoms with E-state index in [1.54, 1.807) is 11.3 Å². The number of hydrogen-bond donors (Lipinski definition) is 1. The van der Waals surface area contributed by atoms with Crippen molar-refractivity contribution in [2.45, 2.75) is 51.4 Å². The van der Waals surface area contributed by atoms with Crippen LogP contribution in [0.5, 0.6) is 0 Å². The van der Waals surface area contributed by atoms with Crippen LogP contribution in [0.25, 0.3) is 0 Å². The molecule has 7 nitrogen and oxygen atoms in total. The Bertz CT molecular complexity index is 767. The number of rotatable bonds is 3. The molecule has 3 saturated heterocycles. The number of halogens is 3. The summed E-state index contributed by atoms with van der Waals surface area (Å²) in [6.07, 6.45) is -0.537. The van der Waals surface area contributed by atoms with Crippen molar-refractivity contribution in [2.75, 3.05) is 32.8 Å². The standard InChI is InChI=1S/C18H27N3O2S.C2HF3O2/c1-13-17(24-12-19-13)11-20-8-4-16-15(10-20)14(5-9-23-16)18(22)21-6-2-3-7-21;3-2(4,5)1(6)7/h12,14-16H,2-11H2,1H3;(H,6,7)/t14-,15-,16-;/m1./s1. The predicted molar refractivity (Wildman–Crippen MR) is 108 cm³/mol. The summed E-state index contributed by atoms with van der Waals surface area (Å²) in [6.45, 7) is 7.75. The van der Waals surface area contributed by atoms with Crippen LogP contribution in [0, 0.1) is 18.8 Å². The van der Waals surface area contributed by atoms with Crippen molar-refractivity contribution in [2.24, 2.45) is 11.8 Å². The molecule has 4 heterocycles. The topological polar surface area (TPSA) is 83.0 Å². The summed E-state index contributed by atoms with van der Waals surface area (Å²) in [7, 11) is 0. The molecule has 0 spiro atoms. The highest BCUT2D eigenvalue weighted by molar-refractivity contribution is 7.09. The van der Waals surface area contributed by atoms with Crippen LogP contribution in [0.3, 0.4) is 0 Å². The maximum Gasteiger partial charge on any atom is 0.490 e. The number of aliphatic carboxylic acids is 1. The zero-order chi connectivity index (χ0) is 22.6. The lowest BCUT2D eigenvalue weighted by Gasteiger charge is -2.45. The Hall–Kier alpha value is -1.72. The minimum atomic E-state index is -5.08. The Morgan fingerprint density at radius 1 is 1.26 bits per heavy atom. The van der Waals surface area contributed by atoms with Crippen LogP contribution >= 0.6 is 11.3 Å². The minimum Gasteiger partial charge on any atom is -0.475 e. The number of piperidine rings is 1. The Morgan fingerprint density at radius 2 is 1.94 bits per heavy atom. The summed E-state index contributed by atoms with van der Waals surface area (Å²) >= 11 is 1.74. The van der Waals surface area contributed by atoms with Crippen LogP contribution in [0.1, 0.15) is 36.3 Å². The fraction of sp³-hybridized carbons (Fsp3) is 0.750. The fourth-order valence-corrected chi connectivity index (χ4v) is 5.31. The summed E-state index contributed by atoms with van der Waals surface area (Å²) in [5.74, 6) is -1.85. The van der Waals surface area contributed by atoms with Crippen molar-refractivity contribution >= 4 is 23.2 Å². The average molecular weight is 464 g/mol. The lowest BCUT2D eigenvalue weighted by atomic mass is 9.78. The first-order chi connectivity index (χ1) is 14.7. The fourth-order valence-electron chi connectivity index (χ4n) is 4.49. The number of amides is 1. The molecule has 3 aliphatic rings. The van der Waals surface area contributed by atoms with Gasteiger partial charge in [0.05, 0.1) is 17.3 Å². The van der Waals surface area contributed by atoms with Gasteiger partial charge in [0.25, 0.3) is 0 Å². The van der Waals surface area contributed by atoms with Crippen molar-refractivity contribution in [3.63, 3.8) is 0 Å². The van der Waals surface area contributed by atoms with Gasteiger partial charge in [-0.25, -0.2) is 9.78 Å². The van der Waals surface area contributed by atoms with E-state index in [0.29, 0.717) is 11.8 Å². The summed E-state index contributed by atoms with van der Waals surface area (Å²) in [6, 6.07) is 0. The van der Waals surface area contributed by atoms with Crippen molar-refractivity contribution in [3.8, 4) is 0 Å². The monoisotopic (exact) mass is 463 g/mol. The van der Waals surface area contributed by atoms with Gasteiger partial charge in [0.2, 0.25) is 5.91 Å². The molecule has 1 aromatic heterocycles. The van der Waals surface area contributed by atoms with E-state index in [9.17, 15) is 18.0 Å². The van der Waals surface area contributed by atoms with E-state index in [0.717, 1.165) is 57.9 Å². The SMILES string of the molecule is Cc1ncsc1CN1CC[C@H]2OCC[C@@H](C(=O)N3CCCC3)[C@H]2C1.O=C(O)C(F)(F)F. The van der Waals surface area contributed by atoms with Crippen LogP contribution in [-0.2, 0) is 20.9 Å². The highest BCUT2D eigenvalue weighted by atomic mass is 32.1. The molecule has 0 aromatic carbocycles. The normalized spacial score (nSPS) is 26.7. The number of ether oxygens (including phenoxy) is 1. The second-order valence-electron chi connectivity index (χ2n) is 8.19. The zero-order valence-electron chi connectivity index (χ0n) is 17.4. The molecule has 0 unspecified atom stereocenters. The first-order valence-corrected chi connectivity index (χ1v) is 11.4. The number of aromatic nitrogens is 1. The lowest BCUT2D eigenvalue weighted by molar-refractivity contribution is -0.192. The van der Waals surface area contributed by atoms with E-state index in [4.69, 9.17) is 14.6 Å². The number of carbonyl (C=O) groups excluding carboxylic acids is 1. The molecule has 11 heteroatoms. The Kier molecular flexibility index (Phi) is 7.92. The minimum absolute atomic E-state index is 0.159. The van der Waals surface area contributed by atoms with Gasteiger partial charge in [-0.2, -0.15) is 13.2 Å². The summed E-state index contributed by atoms with van der Waals surface area (Å²) in [5.41, 5.74) is 3.08. The number of fused-ring (bicyclic) bond motifs is 1. The zero-order valence-corrected chi connectivity index (χ0v) is 18.3. The number of hydrogen-bond acceptors (Lipinski definition) is 6. The number of alkyl halides is 3. The number of carbonyl (C=O) groups is 2. The Labute approximate surface area is 183 Å². The van der Waals surface area contributed by atoms with Crippen molar-refractivity contribution in [3.05, 3.63) is 16.1 Å². The first-order valence-electron chi connectivity index (χ1n) is 10.5. The van der Waals surface area contributed by atoms with Crippen LogP contribution in [0.4, 0.5) is 13.2 Å². The quantitative estimate of drug-likeness (QED) is 0.742. The van der Waals surface area contributed by atoms with Gasteiger partial charge in [0, 0.05) is 56.0 Å². The molecule has 0 aliphatic carbocycles. The smallest absolute Gasteiger partial charge is 0.475 e. The van der Waals surface area contributed by atoms with Crippen molar-refractivity contribution in [1.29, 1.82) is 0 Å². The number of carboxylic acid groups (broad SMARTS) is 1. The third-order valence-corrected chi connectivity index (χ3v) is 7.06. The van der Waals surface area contributed by atoms with Crippen molar-refractivity contribution < 1.29 is 32.6 Å². The second-order valence-corrected chi connectivity index (χ2v) is 9.13. The number of thiazole rings is 1. The van der Waals surface area contributed by atoms with Crippen LogP contribution in [0.2, 0.25) is 0 Å². The predicted octanol–water partition coefficient (Wildman–Crippen LogP) is 2.93. The molecular formula is C20H28F3N3O4S. The molecular weight excluding hydrogens is 435 g/mol. The Balaban J connectivity index is 0.000000339. The number of aryl methyl sites for hydroxylation is 1. The third kappa shape index (κ3) is 6.17. The maximum atomic E-state index is 13.0. The average Bonchev–Trinajstić information content (AvgIpc) is 3.39. The molecule has 174 valence electrons. The summed E-state index contributed by atoms with van der Waals surface area (Å²) in [4.78, 5) is 32.2. The van der Waals surface area contributed by atoms with E-state index in [-0.39, 0.29) is 12.0 Å². The van der Waals surface area contributed by atoms with Gasteiger partial charge in [-0.1, -0.05) is 0 Å². The van der Waals surface area contributed by atoms with E-state index < -0.39 is 12.1 Å². The van der Waals surface area contributed by atoms with Gasteiger partial charge >= 0.3 is 12.1 Å². The van der Waals surface area contributed by atoms with Gasteiger partial charge in [0.1, 0.15) is 0 Å². The summed E-state index contributed by atoms with van der Waals surface area (Å²) in [5, 5.41) is 7.12. The molecule has 0 bridgehead atoms. The molecule has 0 saturated carbocycles. The highest BCUT2D eigenvalue weighted by Gasteiger charge is 2.43.